The van der Waals surface area contributed by atoms with Crippen molar-refractivity contribution in [3.05, 3.63) is 71.8 Å². The molecule has 10 heteroatoms. The molecule has 1 atom stereocenters. The quantitative estimate of drug-likeness (QED) is 0.443. The zero-order chi connectivity index (χ0) is 24.3. The van der Waals surface area contributed by atoms with E-state index in [1.807, 2.05) is 19.1 Å². The van der Waals surface area contributed by atoms with Gasteiger partial charge in [0.2, 0.25) is 5.91 Å². The smallest absolute Gasteiger partial charge is 0.490 e. The lowest BCUT2D eigenvalue weighted by molar-refractivity contribution is -0.274. The highest BCUT2D eigenvalue weighted by molar-refractivity contribution is 5.97. The number of aliphatic hydroxyl groups excluding tert-OH is 1. The molecule has 0 spiro atoms. The Balaban J connectivity index is 2.08. The first-order chi connectivity index (χ1) is 15.7. The minimum atomic E-state index is -4.81. The second-order valence-corrected chi connectivity index (χ2v) is 6.84. The van der Waals surface area contributed by atoms with Gasteiger partial charge < -0.3 is 25.2 Å². The van der Waals surface area contributed by atoms with Gasteiger partial charge >= 0.3 is 6.36 Å². The largest absolute Gasteiger partial charge is 0.573 e. The molecule has 2 aromatic rings. The number of aliphatic hydroxyl groups is 1. The fourth-order valence-corrected chi connectivity index (χ4v) is 2.76. The molecule has 0 aliphatic heterocycles. The highest BCUT2D eigenvalue weighted by Crippen LogP contribution is 2.23. The Labute approximate surface area is 189 Å². The molecule has 2 amide bonds. The van der Waals surface area contributed by atoms with Crippen LogP contribution in [0, 0.1) is 0 Å². The summed E-state index contributed by atoms with van der Waals surface area (Å²) < 4.78 is 46.3. The number of rotatable bonds is 11. The topological polar surface area (TPSA) is 96.9 Å². The van der Waals surface area contributed by atoms with Crippen molar-refractivity contribution in [2.75, 3.05) is 19.8 Å². The van der Waals surface area contributed by atoms with Crippen LogP contribution in [0.4, 0.5) is 13.2 Å². The molecule has 0 heterocycles. The fourth-order valence-electron chi connectivity index (χ4n) is 2.76. The summed E-state index contributed by atoms with van der Waals surface area (Å²) >= 11 is 0. The number of nitrogens with one attached hydrogen (secondary N) is 2. The monoisotopic (exact) mass is 466 g/mol. The lowest BCUT2D eigenvalue weighted by Gasteiger charge is -2.19. The molecule has 178 valence electrons. The molecule has 0 radical (unpaired) electrons. The van der Waals surface area contributed by atoms with Gasteiger partial charge in [0.15, 0.2) is 0 Å². The van der Waals surface area contributed by atoms with Crippen LogP contribution < -0.4 is 20.1 Å². The molecule has 1 unspecified atom stereocenters. The second kappa shape index (κ2) is 12.5. The lowest BCUT2D eigenvalue weighted by atomic mass is 10.0. The molecule has 2 rings (SSSR count). The van der Waals surface area contributed by atoms with Crippen LogP contribution in [0.3, 0.4) is 0 Å². The highest BCUT2D eigenvalue weighted by atomic mass is 19.4. The van der Waals surface area contributed by atoms with Gasteiger partial charge in [0.05, 0.1) is 6.61 Å². The van der Waals surface area contributed by atoms with E-state index in [0.29, 0.717) is 23.5 Å². The summed E-state index contributed by atoms with van der Waals surface area (Å²) in [6, 6.07) is 10.3. The van der Waals surface area contributed by atoms with Gasteiger partial charge in [-0.1, -0.05) is 24.3 Å². The predicted molar refractivity (Wildman–Crippen MR) is 115 cm³/mol. The van der Waals surface area contributed by atoms with Crippen molar-refractivity contribution in [2.45, 2.75) is 25.7 Å². The molecule has 33 heavy (non-hydrogen) atoms. The van der Waals surface area contributed by atoms with E-state index in [1.165, 1.54) is 12.1 Å². The summed E-state index contributed by atoms with van der Waals surface area (Å²) in [6.07, 6.45) is -1.12. The number of amides is 2. The number of alkyl halides is 3. The Morgan fingerprint density at radius 1 is 1.06 bits per heavy atom. The normalized spacial score (nSPS) is 12.3. The van der Waals surface area contributed by atoms with Gasteiger partial charge in [0.25, 0.3) is 5.91 Å². The third-order valence-electron chi connectivity index (χ3n) is 4.33. The highest BCUT2D eigenvalue weighted by Gasteiger charge is 2.31. The van der Waals surface area contributed by atoms with Crippen LogP contribution in [0.25, 0.3) is 0 Å². The molecule has 0 bridgehead atoms. The Morgan fingerprint density at radius 2 is 1.70 bits per heavy atom. The van der Waals surface area contributed by atoms with E-state index in [1.54, 1.807) is 24.3 Å². The summed E-state index contributed by atoms with van der Waals surface area (Å²) in [5.41, 5.74) is 0.795. The van der Waals surface area contributed by atoms with Crippen molar-refractivity contribution >= 4 is 11.8 Å². The van der Waals surface area contributed by atoms with Gasteiger partial charge in [-0.25, -0.2) is 0 Å². The maximum atomic E-state index is 12.7. The van der Waals surface area contributed by atoms with Crippen LogP contribution in [0.1, 0.15) is 22.8 Å². The predicted octanol–water partition coefficient (Wildman–Crippen LogP) is 2.99. The van der Waals surface area contributed by atoms with Crippen molar-refractivity contribution in [1.29, 1.82) is 0 Å². The van der Waals surface area contributed by atoms with Gasteiger partial charge in [-0.15, -0.1) is 13.2 Å². The summed E-state index contributed by atoms with van der Waals surface area (Å²) in [7, 11) is 0. The first kappa shape index (κ1) is 25.7. The SMILES string of the molecule is C/C=C/COc1ccc(C(=O)NC(Cc2ccc(OC(F)(F)F)cc2)C(=O)NCCO)cc1. The first-order valence-corrected chi connectivity index (χ1v) is 10.1. The standard InChI is InChI=1S/C23H25F3N2O5/c1-2-3-14-32-18-10-6-17(7-11-18)21(30)28-20(22(31)27-12-13-29)15-16-4-8-19(9-5-16)33-23(24,25)26/h2-11,20,29H,12-15H2,1H3,(H,27,31)(H,28,30)/b3-2+. The maximum Gasteiger partial charge on any atom is 0.573 e. The number of halogens is 3. The number of ether oxygens (including phenoxy) is 2. The van der Waals surface area contributed by atoms with Crippen molar-refractivity contribution in [3.63, 3.8) is 0 Å². The Bertz CT molecular complexity index is 929. The van der Waals surface area contributed by atoms with Crippen molar-refractivity contribution in [1.82, 2.24) is 10.6 Å². The maximum absolute atomic E-state index is 12.7. The Hall–Kier alpha value is -3.53. The van der Waals surface area contributed by atoms with Crippen molar-refractivity contribution in [2.24, 2.45) is 0 Å². The number of benzene rings is 2. The van der Waals surface area contributed by atoms with Crippen LogP contribution in [0.5, 0.6) is 11.5 Å². The van der Waals surface area contributed by atoms with Crippen LogP contribution in [0.2, 0.25) is 0 Å². The Kier molecular flexibility index (Phi) is 9.74. The van der Waals surface area contributed by atoms with E-state index >= 15 is 0 Å². The number of allylic oxidation sites excluding steroid dienone is 1. The molecule has 3 N–H and O–H groups in total. The number of carbonyl (C=O) groups excluding carboxylic acids is 2. The van der Waals surface area contributed by atoms with Gasteiger partial charge in [0.1, 0.15) is 24.1 Å². The van der Waals surface area contributed by atoms with E-state index in [4.69, 9.17) is 9.84 Å². The van der Waals surface area contributed by atoms with Gasteiger partial charge in [-0.3, -0.25) is 9.59 Å². The number of hydrogen-bond donors (Lipinski definition) is 3. The molecule has 0 saturated carbocycles. The third-order valence-corrected chi connectivity index (χ3v) is 4.33. The molecule has 0 aromatic heterocycles. The summed E-state index contributed by atoms with van der Waals surface area (Å²) in [5, 5.41) is 14.1. The molecular formula is C23H25F3N2O5. The fraction of sp³-hybridized carbons (Fsp3) is 0.304. The average Bonchev–Trinajstić information content (AvgIpc) is 2.78. The average molecular weight is 466 g/mol. The summed E-state index contributed by atoms with van der Waals surface area (Å²) in [4.78, 5) is 25.2. The molecule has 7 nitrogen and oxygen atoms in total. The zero-order valence-electron chi connectivity index (χ0n) is 17.9. The second-order valence-electron chi connectivity index (χ2n) is 6.84. The molecule has 0 fully saturated rings. The minimum Gasteiger partial charge on any atom is -0.490 e. The van der Waals surface area contributed by atoms with E-state index < -0.39 is 30.0 Å². The van der Waals surface area contributed by atoms with Gasteiger partial charge in [-0.05, 0) is 48.9 Å². The third kappa shape index (κ3) is 9.24. The lowest BCUT2D eigenvalue weighted by Crippen LogP contribution is -2.48. The van der Waals surface area contributed by atoms with Crippen LogP contribution >= 0.6 is 0 Å². The molecule has 0 aliphatic rings. The molecule has 0 saturated heterocycles. The van der Waals surface area contributed by atoms with Crippen molar-refractivity contribution < 1.29 is 37.3 Å². The van der Waals surface area contributed by atoms with Crippen LogP contribution in [-0.2, 0) is 11.2 Å². The molecule has 2 aromatic carbocycles. The van der Waals surface area contributed by atoms with Crippen LogP contribution in [0.15, 0.2) is 60.7 Å². The van der Waals surface area contributed by atoms with Gasteiger partial charge in [0, 0.05) is 18.5 Å². The zero-order valence-corrected chi connectivity index (χ0v) is 17.9. The van der Waals surface area contributed by atoms with Gasteiger partial charge in [-0.2, -0.15) is 0 Å². The summed E-state index contributed by atoms with van der Waals surface area (Å²) in [6.45, 7) is 1.96. The van der Waals surface area contributed by atoms with E-state index in [2.05, 4.69) is 15.4 Å². The first-order valence-electron chi connectivity index (χ1n) is 10.1. The Morgan fingerprint density at radius 3 is 2.27 bits per heavy atom. The summed E-state index contributed by atoms with van der Waals surface area (Å²) in [5.74, 6) is -0.883. The van der Waals surface area contributed by atoms with E-state index in [9.17, 15) is 22.8 Å². The van der Waals surface area contributed by atoms with E-state index in [0.717, 1.165) is 12.1 Å². The number of hydrogen-bond acceptors (Lipinski definition) is 5. The van der Waals surface area contributed by atoms with Crippen molar-refractivity contribution in [3.8, 4) is 11.5 Å². The van der Waals surface area contributed by atoms with Crippen LogP contribution in [-0.4, -0.2) is 49.1 Å². The molecule has 0 aliphatic carbocycles. The molecular weight excluding hydrogens is 441 g/mol. The van der Waals surface area contributed by atoms with E-state index in [-0.39, 0.29) is 19.6 Å². The minimum absolute atomic E-state index is 0.0121. The number of carbonyl (C=O) groups is 2.